The standard InChI is InChI=1S/C2H6O.B.HI3/c1-2-3;;1-3-2/h3H,2H2,1H3;;3H. The second kappa shape index (κ2) is 24.1. The number of aliphatic hydroxyl groups excluding tert-OH is 1. The molecule has 3 radical (unpaired) electrons. The van der Waals surface area contributed by atoms with E-state index in [0.717, 1.165) is 0 Å². The summed E-state index contributed by atoms with van der Waals surface area (Å²) in [5, 5.41) is 7.57. The van der Waals surface area contributed by atoms with Crippen LogP contribution in [-0.4, -0.2) is 20.1 Å². The van der Waals surface area contributed by atoms with Gasteiger partial charge in [-0.3, -0.25) is 0 Å². The summed E-state index contributed by atoms with van der Waals surface area (Å²) in [5.41, 5.74) is 0. The smallest absolute Gasteiger partial charge is 0 e. The molecule has 7 heavy (non-hydrogen) atoms. The van der Waals surface area contributed by atoms with Gasteiger partial charge in [0.2, 0.25) is 0 Å². The van der Waals surface area contributed by atoms with Crippen molar-refractivity contribution in [1.29, 1.82) is 0 Å². The largest absolute Gasteiger partial charge is 0 e. The zero-order valence-corrected chi connectivity index (χ0v) is 10.5. The summed E-state index contributed by atoms with van der Waals surface area (Å²) >= 11 is 5.22. The Balaban J connectivity index is -0.0000000400. The molecule has 0 bridgehead atoms. The van der Waals surface area contributed by atoms with E-state index in [1.54, 1.807) is 6.92 Å². The van der Waals surface area contributed by atoms with Crippen LogP contribution < -0.4 is 0 Å². The molecular weight excluding hydrogens is 432 g/mol. The molecule has 0 heterocycles. The van der Waals surface area contributed by atoms with E-state index >= 15 is 0 Å². The molecule has 0 fully saturated rings. The maximum atomic E-state index is 7.57. The van der Waals surface area contributed by atoms with E-state index < -0.39 is 0 Å². The molecule has 1 nitrogen and oxygen atoms in total. The maximum Gasteiger partial charge on any atom is 0 e. The van der Waals surface area contributed by atoms with Gasteiger partial charge < -0.3 is 5.11 Å². The first-order chi connectivity index (χ1) is 2.83. The average molecular weight is 439 g/mol. The molecule has 5 heteroatoms. The Bertz CT molecular complexity index is 14.9. The quantitative estimate of drug-likeness (QED) is 0.453. The van der Waals surface area contributed by atoms with E-state index in [0.29, 0.717) is 13.3 Å². The number of aliphatic hydroxyl groups is 1. The molecular formula is C2H7BI3O. The van der Waals surface area contributed by atoms with Gasteiger partial charge in [-0.1, -0.05) is 0 Å². The van der Waals surface area contributed by atoms with Crippen molar-refractivity contribution in [2.24, 2.45) is 0 Å². The summed E-state index contributed by atoms with van der Waals surface area (Å²) in [6, 6.07) is 0. The Hall–Kier alpha value is 2.21. The van der Waals surface area contributed by atoms with Crippen LogP contribution >= 0.6 is 50.5 Å². The van der Waals surface area contributed by atoms with Gasteiger partial charge in [0.25, 0.3) is 0 Å². The second-order valence-corrected chi connectivity index (χ2v) is 17.9. The van der Waals surface area contributed by atoms with Gasteiger partial charge in [0.15, 0.2) is 0 Å². The molecule has 0 amide bonds. The fraction of sp³-hybridized carbons (Fsp3) is 1.00. The van der Waals surface area contributed by atoms with Gasteiger partial charge in [-0.25, -0.2) is 0 Å². The number of halogens is 3. The maximum absolute atomic E-state index is 7.57. The van der Waals surface area contributed by atoms with Crippen LogP contribution in [0.25, 0.3) is 0 Å². The van der Waals surface area contributed by atoms with Gasteiger partial charge >= 0.3 is 50.5 Å². The van der Waals surface area contributed by atoms with E-state index in [-0.39, 0.29) is 15.0 Å². The molecule has 0 atom stereocenters. The van der Waals surface area contributed by atoms with Gasteiger partial charge in [0.1, 0.15) is 0 Å². The van der Waals surface area contributed by atoms with Gasteiger partial charge in [-0.05, 0) is 6.92 Å². The summed E-state index contributed by atoms with van der Waals surface area (Å²) in [4.78, 5) is 0. The van der Waals surface area contributed by atoms with Crippen LogP contribution in [-0.2, 0) is 0 Å². The van der Waals surface area contributed by atoms with Crippen LogP contribution in [0.1, 0.15) is 6.92 Å². The van der Waals surface area contributed by atoms with Crippen LogP contribution in [0.15, 0.2) is 0 Å². The SMILES string of the molecule is CCO.I[IH]I.[B]. The predicted molar refractivity (Wildman–Crippen MR) is 62.0 cm³/mol. The first kappa shape index (κ1) is 16.1. The van der Waals surface area contributed by atoms with E-state index in [1.165, 1.54) is 0 Å². The normalized spacial score (nSPS) is 5.71. The Labute approximate surface area is 76.2 Å². The van der Waals surface area contributed by atoms with Crippen molar-refractivity contribution in [3.8, 4) is 0 Å². The minimum Gasteiger partial charge on any atom is 0 e. The molecule has 0 saturated heterocycles. The molecule has 0 aromatic heterocycles. The molecule has 0 rings (SSSR count). The molecule has 0 unspecified atom stereocenters. The topological polar surface area (TPSA) is 20.2 Å². The Morgan fingerprint density at radius 2 is 1.57 bits per heavy atom. The predicted octanol–water partition coefficient (Wildman–Crippen LogP) is 2.01. The number of rotatable bonds is 0. The summed E-state index contributed by atoms with van der Waals surface area (Å²) in [7, 11) is 0. The fourth-order valence-electron chi connectivity index (χ4n) is 0. The third kappa shape index (κ3) is 64.7. The van der Waals surface area contributed by atoms with Crippen molar-refractivity contribution in [3.63, 3.8) is 0 Å². The number of hydrogen-bond donors (Lipinski definition) is 1. The monoisotopic (exact) mass is 439 g/mol. The van der Waals surface area contributed by atoms with Crippen molar-refractivity contribution in [2.45, 2.75) is 6.92 Å². The minimum absolute atomic E-state index is 0. The zero-order valence-electron chi connectivity index (χ0n) is 3.90. The van der Waals surface area contributed by atoms with E-state index in [1.807, 2.05) is 0 Å². The second-order valence-electron chi connectivity index (χ2n) is 0.375. The first-order valence-corrected chi connectivity index (χ1v) is 14.9. The zero-order chi connectivity index (χ0) is 5.41. The third-order valence-corrected chi connectivity index (χ3v) is 0. The van der Waals surface area contributed by atoms with Crippen LogP contribution in [0.5, 0.6) is 0 Å². The van der Waals surface area contributed by atoms with Crippen LogP contribution in [0.2, 0.25) is 0 Å². The van der Waals surface area contributed by atoms with E-state index in [9.17, 15) is 0 Å². The average Bonchev–Trinajstić information content (AvgIpc) is 1.39. The van der Waals surface area contributed by atoms with Crippen molar-refractivity contribution >= 4 is 58.9 Å². The Morgan fingerprint density at radius 3 is 1.57 bits per heavy atom. The van der Waals surface area contributed by atoms with Crippen LogP contribution in [0.3, 0.4) is 0 Å². The molecule has 45 valence electrons. The van der Waals surface area contributed by atoms with Gasteiger partial charge in [0.05, 0.1) is 0 Å². The summed E-state index contributed by atoms with van der Waals surface area (Å²) in [6.45, 7) is 1.93. The molecule has 1 N–H and O–H groups in total. The third-order valence-electron chi connectivity index (χ3n) is 0. The number of hydrogen-bond acceptors (Lipinski definition) is 1. The van der Waals surface area contributed by atoms with Crippen molar-refractivity contribution in [1.82, 2.24) is 0 Å². The fourth-order valence-corrected chi connectivity index (χ4v) is 0. The molecule has 0 spiro atoms. The summed E-state index contributed by atoms with van der Waals surface area (Å²) < 4.78 is 0. The first-order valence-electron chi connectivity index (χ1n) is 1.33. The molecule has 0 aliphatic carbocycles. The Kier molecular flexibility index (Phi) is 55.4. The molecule has 0 aliphatic heterocycles. The van der Waals surface area contributed by atoms with Crippen molar-refractivity contribution < 1.29 is 5.11 Å². The van der Waals surface area contributed by atoms with Gasteiger partial charge in [0, 0.05) is 15.0 Å². The molecule has 0 aliphatic rings. The van der Waals surface area contributed by atoms with Gasteiger partial charge in [-0.15, -0.1) is 0 Å². The van der Waals surface area contributed by atoms with Crippen LogP contribution in [0.4, 0.5) is 0 Å². The molecule has 0 aromatic rings. The van der Waals surface area contributed by atoms with E-state index in [4.69, 9.17) is 5.11 Å². The molecule has 0 aromatic carbocycles. The Morgan fingerprint density at radius 1 is 1.57 bits per heavy atom. The van der Waals surface area contributed by atoms with Gasteiger partial charge in [-0.2, -0.15) is 0 Å². The van der Waals surface area contributed by atoms with Crippen LogP contribution in [0, 0.1) is 0 Å². The molecule has 0 saturated carbocycles. The summed E-state index contributed by atoms with van der Waals surface area (Å²) in [5.74, 6) is 0. The van der Waals surface area contributed by atoms with Crippen molar-refractivity contribution in [3.05, 3.63) is 0 Å². The van der Waals surface area contributed by atoms with E-state index in [2.05, 4.69) is 37.2 Å². The van der Waals surface area contributed by atoms with Crippen molar-refractivity contribution in [2.75, 3.05) is 6.61 Å². The summed E-state index contributed by atoms with van der Waals surface area (Å²) in [6.07, 6.45) is 0. The minimum atomic E-state index is 0.